The minimum Gasteiger partial charge on any atom is -0.310 e. The fraction of sp³-hybridized carbons (Fsp3) is 0.395. The molecule has 2 nitrogen and oxygen atoms in total. The quantitative estimate of drug-likeness (QED) is 0.135. The van der Waals surface area contributed by atoms with Gasteiger partial charge in [0.15, 0.2) is 0 Å². The second-order valence-corrected chi connectivity index (χ2v) is 26.2. The molecule has 0 N–H and O–H groups in total. The van der Waals surface area contributed by atoms with Crippen LogP contribution in [0.2, 0.25) is 0 Å². The molecule has 0 saturated heterocycles. The standard InChI is InChI=1S/C76H82N2/c1-75(2)69-47-63(77(59-35-19-31-55(43-59)51-23-9-5-10-24-51)60-36-20-32-56(44-60)52-25-11-6-12-26-52)41-42-64(69)67-48-71-68(49-70(67)75)74-66-40-18-17-39-65(66)73(50-72(74)76(71,3)4)78(61-37-21-33-57(45-61)53-27-13-7-14-28-53)62-38-22-34-58(46-62)54-29-15-8-16-30-54/h17-22,31-54H,5-16,23-30H2,1-4H3. The van der Waals surface area contributed by atoms with E-state index in [-0.39, 0.29) is 10.8 Å². The number of rotatable bonds is 10. The molecule has 0 atom stereocenters. The zero-order valence-corrected chi connectivity index (χ0v) is 47.4. The molecule has 0 aliphatic heterocycles. The van der Waals surface area contributed by atoms with E-state index in [0.29, 0.717) is 23.7 Å². The van der Waals surface area contributed by atoms with Crippen molar-refractivity contribution in [3.63, 3.8) is 0 Å². The van der Waals surface area contributed by atoms with Crippen LogP contribution in [0, 0.1) is 0 Å². The van der Waals surface area contributed by atoms with Gasteiger partial charge in [0, 0.05) is 44.7 Å². The zero-order chi connectivity index (χ0) is 52.5. The van der Waals surface area contributed by atoms with Crippen LogP contribution >= 0.6 is 0 Å². The molecule has 0 unspecified atom stereocenters. The third-order valence-electron chi connectivity index (χ3n) is 20.8. The van der Waals surface area contributed by atoms with Crippen LogP contribution < -0.4 is 9.80 Å². The van der Waals surface area contributed by atoms with Crippen LogP contribution in [0.5, 0.6) is 0 Å². The number of benzene rings is 8. The van der Waals surface area contributed by atoms with Crippen molar-refractivity contribution in [2.75, 3.05) is 9.80 Å². The minimum atomic E-state index is -0.228. The van der Waals surface area contributed by atoms with Crippen molar-refractivity contribution in [3.8, 4) is 22.3 Å². The zero-order valence-electron chi connectivity index (χ0n) is 47.4. The molecule has 0 bridgehead atoms. The van der Waals surface area contributed by atoms with E-state index < -0.39 is 0 Å². The van der Waals surface area contributed by atoms with Crippen LogP contribution in [-0.4, -0.2) is 0 Å². The van der Waals surface area contributed by atoms with Crippen molar-refractivity contribution in [2.24, 2.45) is 0 Å². The summed E-state index contributed by atoms with van der Waals surface area (Å²) in [5.41, 5.74) is 24.6. The highest BCUT2D eigenvalue weighted by atomic mass is 15.1. The Balaban J connectivity index is 0.885. The normalized spacial score (nSPS) is 19.3. The topological polar surface area (TPSA) is 6.48 Å². The number of nitrogens with zero attached hydrogens (tertiary/aromatic N) is 2. The predicted octanol–water partition coefficient (Wildman–Crippen LogP) is 22.6. The maximum atomic E-state index is 2.65. The predicted molar refractivity (Wildman–Crippen MR) is 332 cm³/mol. The Morgan fingerprint density at radius 2 is 0.667 bits per heavy atom. The second kappa shape index (κ2) is 20.4. The van der Waals surface area contributed by atoms with Gasteiger partial charge >= 0.3 is 0 Å². The summed E-state index contributed by atoms with van der Waals surface area (Å²) >= 11 is 0. The van der Waals surface area contributed by atoms with Gasteiger partial charge in [-0.3, -0.25) is 0 Å². The van der Waals surface area contributed by atoms with Gasteiger partial charge in [0.25, 0.3) is 0 Å². The maximum absolute atomic E-state index is 2.65. The molecule has 4 fully saturated rings. The van der Waals surface area contributed by atoms with Crippen molar-refractivity contribution in [3.05, 3.63) is 202 Å². The van der Waals surface area contributed by atoms with Crippen LogP contribution in [0.15, 0.2) is 158 Å². The molecule has 0 radical (unpaired) electrons. The fourth-order valence-corrected chi connectivity index (χ4v) is 16.4. The van der Waals surface area contributed by atoms with Gasteiger partial charge in [-0.1, -0.05) is 184 Å². The molecule has 8 aromatic rings. The smallest absolute Gasteiger partial charge is 0.0543 e. The van der Waals surface area contributed by atoms with Crippen LogP contribution in [0.1, 0.15) is 224 Å². The Labute approximate surface area is 467 Å². The van der Waals surface area contributed by atoms with Crippen LogP contribution in [0.3, 0.4) is 0 Å². The summed E-state index contributed by atoms with van der Waals surface area (Å²) in [7, 11) is 0. The highest BCUT2D eigenvalue weighted by molar-refractivity contribution is 6.10. The molecule has 78 heavy (non-hydrogen) atoms. The Hall–Kier alpha value is -6.38. The van der Waals surface area contributed by atoms with Gasteiger partial charge < -0.3 is 9.80 Å². The maximum Gasteiger partial charge on any atom is 0.0543 e. The first-order valence-corrected chi connectivity index (χ1v) is 31.1. The van der Waals surface area contributed by atoms with E-state index in [2.05, 4.69) is 195 Å². The van der Waals surface area contributed by atoms with E-state index >= 15 is 0 Å². The van der Waals surface area contributed by atoms with E-state index in [1.165, 1.54) is 240 Å². The summed E-state index contributed by atoms with van der Waals surface area (Å²) in [6.45, 7) is 10.00. The monoisotopic (exact) mass is 1020 g/mol. The van der Waals surface area contributed by atoms with Gasteiger partial charge in [-0.15, -0.1) is 0 Å². The van der Waals surface area contributed by atoms with Crippen LogP contribution in [0.25, 0.3) is 33.0 Å². The summed E-state index contributed by atoms with van der Waals surface area (Å²) in [5, 5.41) is 2.67. The number of hydrogen-bond donors (Lipinski definition) is 0. The Kier molecular flexibility index (Phi) is 13.0. The lowest BCUT2D eigenvalue weighted by molar-refractivity contribution is 0.443. The minimum absolute atomic E-state index is 0.207. The van der Waals surface area contributed by atoms with Gasteiger partial charge in [0.05, 0.1) is 5.69 Å². The van der Waals surface area contributed by atoms with E-state index in [0.717, 1.165) is 0 Å². The fourth-order valence-electron chi connectivity index (χ4n) is 16.4. The summed E-state index contributed by atoms with van der Waals surface area (Å²) in [6.07, 6.45) is 26.6. The lowest BCUT2D eigenvalue weighted by atomic mass is 9.79. The summed E-state index contributed by atoms with van der Waals surface area (Å²) in [5.74, 6) is 2.56. The van der Waals surface area contributed by atoms with Crippen molar-refractivity contribution >= 4 is 44.9 Å². The van der Waals surface area contributed by atoms with Crippen molar-refractivity contribution < 1.29 is 0 Å². The van der Waals surface area contributed by atoms with Gasteiger partial charge in [-0.2, -0.15) is 0 Å². The summed E-state index contributed by atoms with van der Waals surface area (Å²) < 4.78 is 0. The summed E-state index contributed by atoms with van der Waals surface area (Å²) in [4.78, 5) is 5.25. The average molecular weight is 1020 g/mol. The highest BCUT2D eigenvalue weighted by Gasteiger charge is 2.43. The molecule has 2 heteroatoms. The highest BCUT2D eigenvalue weighted by Crippen LogP contribution is 2.60. The molecule has 8 aromatic carbocycles. The number of hydrogen-bond acceptors (Lipinski definition) is 2. The Morgan fingerprint density at radius 3 is 1.13 bits per heavy atom. The summed E-state index contributed by atoms with van der Waals surface area (Å²) in [6, 6.07) is 63.5. The first kappa shape index (κ1) is 49.9. The second-order valence-electron chi connectivity index (χ2n) is 26.2. The molecule has 4 saturated carbocycles. The first-order valence-electron chi connectivity index (χ1n) is 31.1. The van der Waals surface area contributed by atoms with Crippen LogP contribution in [-0.2, 0) is 10.8 Å². The van der Waals surface area contributed by atoms with E-state index in [1.54, 1.807) is 0 Å². The largest absolute Gasteiger partial charge is 0.310 e. The van der Waals surface area contributed by atoms with Gasteiger partial charge in [-0.25, -0.2) is 0 Å². The van der Waals surface area contributed by atoms with Crippen molar-refractivity contribution in [2.45, 2.75) is 191 Å². The van der Waals surface area contributed by atoms with Crippen molar-refractivity contribution in [1.29, 1.82) is 0 Å². The SMILES string of the molecule is CC1(C)c2cc(N(c3cccc(C4CCCCC4)c3)c3cccc(C4CCCCC4)c3)ccc2-c2cc3c(cc21)-c1c(cc(N(c2cccc(C4CCCCC4)c2)c2cccc(C4CCCCC4)c2)c2ccccc12)C3(C)C. The van der Waals surface area contributed by atoms with E-state index in [4.69, 9.17) is 0 Å². The van der Waals surface area contributed by atoms with E-state index in [1.807, 2.05) is 0 Å². The molecule has 6 aliphatic rings. The third kappa shape index (κ3) is 8.74. The number of anilines is 6. The molecule has 0 spiro atoms. The number of fused-ring (bicyclic) bond motifs is 8. The van der Waals surface area contributed by atoms with Crippen molar-refractivity contribution in [1.82, 2.24) is 0 Å². The Bertz CT molecular complexity index is 3410. The molecular weight excluding hydrogens is 941 g/mol. The molecular formula is C76H82N2. The molecule has 396 valence electrons. The molecule has 0 heterocycles. The van der Waals surface area contributed by atoms with E-state index in [9.17, 15) is 0 Å². The van der Waals surface area contributed by atoms with Crippen LogP contribution in [0.4, 0.5) is 34.1 Å². The lowest BCUT2D eigenvalue weighted by Gasteiger charge is -2.32. The molecule has 0 amide bonds. The first-order chi connectivity index (χ1) is 38.2. The third-order valence-corrected chi connectivity index (χ3v) is 20.8. The molecule has 14 rings (SSSR count). The Morgan fingerprint density at radius 1 is 0.295 bits per heavy atom. The van der Waals surface area contributed by atoms with Gasteiger partial charge in [0.2, 0.25) is 0 Å². The average Bonchev–Trinajstić information content (AvgIpc) is 3.93. The molecule has 0 aromatic heterocycles. The molecule has 6 aliphatic carbocycles. The van der Waals surface area contributed by atoms with Gasteiger partial charge in [0.1, 0.15) is 0 Å². The lowest BCUT2D eigenvalue weighted by Crippen LogP contribution is -2.18. The van der Waals surface area contributed by atoms with Gasteiger partial charge in [-0.05, 0) is 226 Å².